The Hall–Kier alpha value is -0.670. The van der Waals surface area contributed by atoms with Crippen LogP contribution in [0, 0.1) is 3.57 Å². The number of carbonyl (C=O) groups is 2. The Morgan fingerprint density at radius 2 is 2.29 bits per heavy atom. The molecule has 0 aromatic heterocycles. The van der Waals surface area contributed by atoms with Crippen LogP contribution in [0.5, 0.6) is 0 Å². The van der Waals surface area contributed by atoms with E-state index in [1.54, 1.807) is 11.0 Å². The number of benzene rings is 1. The average molecular weight is 466 g/mol. The highest BCUT2D eigenvalue weighted by atomic mass is 127. The summed E-state index contributed by atoms with van der Waals surface area (Å²) in [5.74, 6) is -0.207. The second-order valence-electron chi connectivity index (χ2n) is 4.74. The van der Waals surface area contributed by atoms with Crippen LogP contribution in [0.1, 0.15) is 17.3 Å². The van der Waals surface area contributed by atoms with Crippen LogP contribution in [0.2, 0.25) is 0 Å². The van der Waals surface area contributed by atoms with E-state index in [-0.39, 0.29) is 11.8 Å². The third-order valence-corrected chi connectivity index (χ3v) is 4.75. The highest BCUT2D eigenvalue weighted by Crippen LogP contribution is 2.21. The summed E-state index contributed by atoms with van der Waals surface area (Å²) < 4.78 is 1.74. The van der Waals surface area contributed by atoms with Crippen molar-refractivity contribution in [3.05, 3.63) is 31.8 Å². The van der Waals surface area contributed by atoms with Crippen LogP contribution >= 0.6 is 38.5 Å². The van der Waals surface area contributed by atoms with Crippen molar-refractivity contribution in [3.8, 4) is 0 Å². The van der Waals surface area contributed by atoms with Crippen molar-refractivity contribution in [1.29, 1.82) is 0 Å². The molecule has 1 aliphatic heterocycles. The van der Waals surface area contributed by atoms with Gasteiger partial charge in [-0.3, -0.25) is 9.59 Å². The number of nitrogens with zero attached hydrogens (tertiary/aromatic N) is 1. The minimum absolute atomic E-state index is 0.0987. The molecule has 1 atom stereocenters. The van der Waals surface area contributed by atoms with Crippen molar-refractivity contribution in [1.82, 2.24) is 15.5 Å². The number of carbonyl (C=O) groups excluding carboxylic acids is 2. The smallest absolute Gasteiger partial charge is 0.255 e. The number of hydrogen-bond donors (Lipinski definition) is 2. The molecule has 1 saturated heterocycles. The first kappa shape index (κ1) is 16.7. The molecule has 0 spiro atoms. The van der Waals surface area contributed by atoms with E-state index in [0.717, 1.165) is 8.04 Å². The number of piperazine rings is 1. The van der Waals surface area contributed by atoms with Gasteiger partial charge in [-0.1, -0.05) is 15.9 Å². The summed E-state index contributed by atoms with van der Waals surface area (Å²) in [7, 11) is 0. The van der Waals surface area contributed by atoms with E-state index >= 15 is 0 Å². The normalized spacial score (nSPS) is 18.4. The maximum absolute atomic E-state index is 12.8. The van der Waals surface area contributed by atoms with Crippen LogP contribution in [0.15, 0.2) is 22.7 Å². The molecule has 0 aliphatic carbocycles. The van der Waals surface area contributed by atoms with Crippen LogP contribution in [0.25, 0.3) is 0 Å². The number of amides is 2. The lowest BCUT2D eigenvalue weighted by Gasteiger charge is -2.35. The van der Waals surface area contributed by atoms with Gasteiger partial charge in [0.2, 0.25) is 5.91 Å². The highest BCUT2D eigenvalue weighted by molar-refractivity contribution is 14.1. The van der Waals surface area contributed by atoms with Crippen LogP contribution in [0.4, 0.5) is 0 Å². The number of halogens is 2. The molecule has 2 rings (SSSR count). The van der Waals surface area contributed by atoms with Crippen molar-refractivity contribution in [2.45, 2.75) is 13.0 Å². The van der Waals surface area contributed by atoms with Crippen molar-refractivity contribution in [3.63, 3.8) is 0 Å². The predicted octanol–water partition coefficient (Wildman–Crippen LogP) is 1.60. The van der Waals surface area contributed by atoms with Gasteiger partial charge in [-0.25, -0.2) is 0 Å². The highest BCUT2D eigenvalue weighted by Gasteiger charge is 2.32. The SMILES string of the molecule is CCNC(=O)C1CNCCN1C(=O)c1cc(Br)ccc1I. The minimum Gasteiger partial charge on any atom is -0.355 e. The maximum Gasteiger partial charge on any atom is 0.255 e. The van der Waals surface area contributed by atoms with Gasteiger partial charge in [0, 0.05) is 34.2 Å². The van der Waals surface area contributed by atoms with Crippen LogP contribution < -0.4 is 10.6 Å². The molecule has 0 bridgehead atoms. The number of nitrogens with one attached hydrogen (secondary N) is 2. The van der Waals surface area contributed by atoms with Gasteiger partial charge in [0.05, 0.1) is 5.56 Å². The topological polar surface area (TPSA) is 61.4 Å². The molecule has 114 valence electrons. The maximum atomic E-state index is 12.8. The van der Waals surface area contributed by atoms with Gasteiger partial charge < -0.3 is 15.5 Å². The van der Waals surface area contributed by atoms with Crippen molar-refractivity contribution in [2.75, 3.05) is 26.2 Å². The molecule has 1 fully saturated rings. The quantitative estimate of drug-likeness (QED) is 0.666. The lowest BCUT2D eigenvalue weighted by atomic mass is 10.1. The van der Waals surface area contributed by atoms with E-state index in [2.05, 4.69) is 49.2 Å². The molecule has 1 heterocycles. The summed E-state index contributed by atoms with van der Waals surface area (Å²) >= 11 is 5.54. The fraction of sp³-hybridized carbons (Fsp3) is 0.429. The molecule has 7 heteroatoms. The van der Waals surface area contributed by atoms with Crippen molar-refractivity contribution in [2.24, 2.45) is 0 Å². The van der Waals surface area contributed by atoms with Crippen LogP contribution in [0.3, 0.4) is 0 Å². The fourth-order valence-electron chi connectivity index (χ4n) is 2.29. The molecule has 5 nitrogen and oxygen atoms in total. The second-order valence-corrected chi connectivity index (χ2v) is 6.82. The second kappa shape index (κ2) is 7.55. The number of hydrogen-bond acceptors (Lipinski definition) is 3. The molecule has 1 aliphatic rings. The summed E-state index contributed by atoms with van der Waals surface area (Å²) in [6.45, 7) is 4.15. The van der Waals surface area contributed by atoms with Gasteiger partial charge in [0.1, 0.15) is 6.04 Å². The summed E-state index contributed by atoms with van der Waals surface area (Å²) in [5, 5.41) is 5.96. The Balaban J connectivity index is 2.26. The molecule has 1 aromatic rings. The average Bonchev–Trinajstić information content (AvgIpc) is 2.49. The number of rotatable bonds is 3. The lowest BCUT2D eigenvalue weighted by molar-refractivity contribution is -0.126. The Labute approximate surface area is 146 Å². The zero-order valence-electron chi connectivity index (χ0n) is 11.7. The van der Waals surface area contributed by atoms with Gasteiger partial charge in [0.15, 0.2) is 0 Å². The summed E-state index contributed by atoms with van der Waals surface area (Å²) in [5.41, 5.74) is 0.626. The Morgan fingerprint density at radius 1 is 1.52 bits per heavy atom. The summed E-state index contributed by atoms with van der Waals surface area (Å²) in [4.78, 5) is 26.6. The van der Waals surface area contributed by atoms with E-state index in [4.69, 9.17) is 0 Å². The molecule has 1 unspecified atom stereocenters. The van der Waals surface area contributed by atoms with E-state index in [0.29, 0.717) is 31.7 Å². The lowest BCUT2D eigenvalue weighted by Crippen LogP contribution is -2.59. The molecular formula is C14H17BrIN3O2. The largest absolute Gasteiger partial charge is 0.355 e. The molecule has 2 amide bonds. The first-order valence-corrected chi connectivity index (χ1v) is 8.66. The first-order valence-electron chi connectivity index (χ1n) is 6.79. The summed E-state index contributed by atoms with van der Waals surface area (Å²) in [6, 6.07) is 5.14. The monoisotopic (exact) mass is 465 g/mol. The van der Waals surface area contributed by atoms with Gasteiger partial charge in [-0.05, 0) is 47.7 Å². The van der Waals surface area contributed by atoms with Crippen LogP contribution in [-0.2, 0) is 4.79 Å². The predicted molar refractivity (Wildman–Crippen MR) is 93.2 cm³/mol. The molecular weight excluding hydrogens is 449 g/mol. The first-order chi connectivity index (χ1) is 10.0. The zero-order valence-corrected chi connectivity index (χ0v) is 15.4. The minimum atomic E-state index is -0.457. The summed E-state index contributed by atoms with van der Waals surface area (Å²) in [6.07, 6.45) is 0. The third kappa shape index (κ3) is 3.95. The Morgan fingerprint density at radius 3 is 3.00 bits per heavy atom. The van der Waals surface area contributed by atoms with E-state index in [1.165, 1.54) is 0 Å². The zero-order chi connectivity index (χ0) is 15.4. The van der Waals surface area contributed by atoms with Gasteiger partial charge in [-0.15, -0.1) is 0 Å². The molecule has 21 heavy (non-hydrogen) atoms. The van der Waals surface area contributed by atoms with E-state index < -0.39 is 6.04 Å². The van der Waals surface area contributed by atoms with Gasteiger partial charge in [0.25, 0.3) is 5.91 Å². The molecule has 2 N–H and O–H groups in total. The van der Waals surface area contributed by atoms with Gasteiger partial charge >= 0.3 is 0 Å². The van der Waals surface area contributed by atoms with Gasteiger partial charge in [-0.2, -0.15) is 0 Å². The number of likely N-dealkylation sites (N-methyl/N-ethyl adjacent to an activating group) is 1. The van der Waals surface area contributed by atoms with Crippen molar-refractivity contribution >= 4 is 50.3 Å². The third-order valence-electron chi connectivity index (χ3n) is 3.32. The molecule has 0 radical (unpaired) electrons. The molecule has 0 saturated carbocycles. The van der Waals surface area contributed by atoms with Crippen LogP contribution in [-0.4, -0.2) is 48.9 Å². The van der Waals surface area contributed by atoms with Crippen molar-refractivity contribution < 1.29 is 9.59 Å². The fourth-order valence-corrected chi connectivity index (χ4v) is 3.22. The van der Waals surface area contributed by atoms with E-state index in [9.17, 15) is 9.59 Å². The van der Waals surface area contributed by atoms with E-state index in [1.807, 2.05) is 19.1 Å². The molecule has 1 aromatic carbocycles. The Bertz CT molecular complexity index is 553. The standard InChI is InChI=1S/C14H17BrIN3O2/c1-2-18-13(20)12-8-17-5-6-19(12)14(21)10-7-9(15)3-4-11(10)16/h3-4,7,12,17H,2,5-6,8H2,1H3,(H,18,20). The Kier molecular flexibility index (Phi) is 6.00.